The second-order valence-corrected chi connectivity index (χ2v) is 8.68. The highest BCUT2D eigenvalue weighted by Crippen LogP contribution is 2.43. The van der Waals surface area contributed by atoms with Crippen LogP contribution in [-0.4, -0.2) is 24.7 Å². The van der Waals surface area contributed by atoms with Gasteiger partial charge in [-0.1, -0.05) is 25.0 Å². The van der Waals surface area contributed by atoms with Crippen LogP contribution in [0.3, 0.4) is 0 Å². The number of amides is 2. The first-order valence-electron chi connectivity index (χ1n) is 10.3. The number of carbonyl (C=O) groups excluding carboxylic acids is 2. The highest BCUT2D eigenvalue weighted by atomic mass is 16.6. The van der Waals surface area contributed by atoms with E-state index in [4.69, 9.17) is 9.47 Å². The molecule has 0 spiro atoms. The molecular formula is C24H30N2O4. The summed E-state index contributed by atoms with van der Waals surface area (Å²) in [6.45, 7) is 5.44. The van der Waals surface area contributed by atoms with E-state index in [1.54, 1.807) is 31.4 Å². The van der Waals surface area contributed by atoms with E-state index in [2.05, 4.69) is 10.6 Å². The molecule has 0 aliphatic heterocycles. The summed E-state index contributed by atoms with van der Waals surface area (Å²) in [6.07, 6.45) is 3.14. The minimum absolute atomic E-state index is 0.0129. The summed E-state index contributed by atoms with van der Waals surface area (Å²) in [7, 11) is 1.63. The number of nitrogens with one attached hydrogen (secondary N) is 2. The van der Waals surface area contributed by atoms with Gasteiger partial charge in [0.2, 0.25) is 5.91 Å². The summed E-state index contributed by atoms with van der Waals surface area (Å²) >= 11 is 0. The fourth-order valence-electron chi connectivity index (χ4n) is 3.86. The molecule has 0 aromatic heterocycles. The van der Waals surface area contributed by atoms with E-state index in [9.17, 15) is 9.59 Å². The molecule has 1 fully saturated rings. The third kappa shape index (κ3) is 5.12. The maximum absolute atomic E-state index is 13.3. The second kappa shape index (κ2) is 8.78. The third-order valence-electron chi connectivity index (χ3n) is 5.30. The molecule has 3 rings (SSSR count). The van der Waals surface area contributed by atoms with Crippen molar-refractivity contribution in [1.82, 2.24) is 0 Å². The minimum atomic E-state index is -0.562. The molecule has 6 heteroatoms. The van der Waals surface area contributed by atoms with Crippen molar-refractivity contribution in [3.8, 4) is 5.75 Å². The van der Waals surface area contributed by atoms with Crippen LogP contribution in [-0.2, 0) is 14.9 Å². The largest absolute Gasteiger partial charge is 0.497 e. The van der Waals surface area contributed by atoms with E-state index >= 15 is 0 Å². The van der Waals surface area contributed by atoms with E-state index in [0.29, 0.717) is 11.4 Å². The molecule has 0 saturated heterocycles. The summed E-state index contributed by atoms with van der Waals surface area (Å²) in [5.74, 6) is 0.741. The summed E-state index contributed by atoms with van der Waals surface area (Å²) in [5.41, 5.74) is 1.16. The van der Waals surface area contributed by atoms with Crippen LogP contribution in [0.5, 0.6) is 5.75 Å². The zero-order valence-electron chi connectivity index (χ0n) is 18.1. The van der Waals surface area contributed by atoms with Crippen LogP contribution in [0.4, 0.5) is 16.2 Å². The first kappa shape index (κ1) is 21.7. The van der Waals surface area contributed by atoms with Gasteiger partial charge >= 0.3 is 6.09 Å². The molecular weight excluding hydrogens is 380 g/mol. The smallest absolute Gasteiger partial charge is 0.412 e. The normalized spacial score (nSPS) is 15.3. The highest BCUT2D eigenvalue weighted by Gasteiger charge is 2.42. The molecule has 0 heterocycles. The molecule has 0 bridgehead atoms. The number of ether oxygens (including phenoxy) is 2. The van der Waals surface area contributed by atoms with Crippen LogP contribution < -0.4 is 15.4 Å². The molecule has 2 aromatic carbocycles. The minimum Gasteiger partial charge on any atom is -0.497 e. The lowest BCUT2D eigenvalue weighted by Crippen LogP contribution is -2.38. The Hall–Kier alpha value is -3.02. The highest BCUT2D eigenvalue weighted by molar-refractivity contribution is 5.99. The summed E-state index contributed by atoms with van der Waals surface area (Å²) < 4.78 is 10.6. The van der Waals surface area contributed by atoms with Gasteiger partial charge in [-0.3, -0.25) is 10.1 Å². The summed E-state index contributed by atoms with van der Waals surface area (Å²) in [5, 5.41) is 5.75. The Morgan fingerprint density at radius 1 is 0.933 bits per heavy atom. The van der Waals surface area contributed by atoms with Crippen LogP contribution in [0, 0.1) is 0 Å². The Balaban J connectivity index is 1.71. The van der Waals surface area contributed by atoms with E-state index in [1.807, 2.05) is 45.0 Å². The van der Waals surface area contributed by atoms with Gasteiger partial charge in [0, 0.05) is 11.4 Å². The van der Waals surface area contributed by atoms with Crippen LogP contribution >= 0.6 is 0 Å². The Labute approximate surface area is 178 Å². The number of carbonyl (C=O) groups is 2. The lowest BCUT2D eigenvalue weighted by Gasteiger charge is -2.28. The zero-order valence-corrected chi connectivity index (χ0v) is 18.1. The van der Waals surface area contributed by atoms with Crippen LogP contribution in [0.2, 0.25) is 0 Å². The average molecular weight is 411 g/mol. The fraction of sp³-hybridized carbons (Fsp3) is 0.417. The second-order valence-electron chi connectivity index (χ2n) is 8.68. The van der Waals surface area contributed by atoms with Crippen LogP contribution in [0.15, 0.2) is 48.5 Å². The molecule has 1 aliphatic rings. The Bertz CT molecular complexity index is 894. The fourth-order valence-corrected chi connectivity index (χ4v) is 3.86. The summed E-state index contributed by atoms with van der Waals surface area (Å²) in [6, 6.07) is 14.8. The summed E-state index contributed by atoms with van der Waals surface area (Å²) in [4.78, 5) is 25.2. The maximum atomic E-state index is 13.3. The van der Waals surface area contributed by atoms with Gasteiger partial charge in [-0.15, -0.1) is 0 Å². The van der Waals surface area contributed by atoms with Crippen molar-refractivity contribution in [3.63, 3.8) is 0 Å². The average Bonchev–Trinajstić information content (AvgIpc) is 3.19. The van der Waals surface area contributed by atoms with Gasteiger partial charge in [-0.2, -0.15) is 0 Å². The van der Waals surface area contributed by atoms with Crippen molar-refractivity contribution in [2.75, 3.05) is 17.7 Å². The van der Waals surface area contributed by atoms with Gasteiger partial charge in [-0.25, -0.2) is 4.79 Å². The predicted molar refractivity (Wildman–Crippen MR) is 118 cm³/mol. The van der Waals surface area contributed by atoms with Crippen LogP contribution in [0.25, 0.3) is 0 Å². The number of rotatable bonds is 5. The van der Waals surface area contributed by atoms with Gasteiger partial charge in [0.25, 0.3) is 0 Å². The predicted octanol–water partition coefficient (Wildman–Crippen LogP) is 5.49. The SMILES string of the molecule is COc1cccc(C2(C(=O)Nc3ccc(NC(=O)OC(C)(C)C)cc3)CCCC2)c1. The number of hydrogen-bond acceptors (Lipinski definition) is 4. The van der Waals surface area contributed by atoms with Gasteiger partial charge in [0.05, 0.1) is 12.5 Å². The molecule has 2 N–H and O–H groups in total. The monoisotopic (exact) mass is 410 g/mol. The number of hydrogen-bond donors (Lipinski definition) is 2. The third-order valence-corrected chi connectivity index (χ3v) is 5.30. The zero-order chi connectivity index (χ0) is 21.8. The van der Waals surface area contributed by atoms with Crippen molar-refractivity contribution in [3.05, 3.63) is 54.1 Å². The van der Waals surface area contributed by atoms with Crippen LogP contribution in [0.1, 0.15) is 52.0 Å². The molecule has 6 nitrogen and oxygen atoms in total. The topological polar surface area (TPSA) is 76.7 Å². The van der Waals surface area contributed by atoms with Crippen molar-refractivity contribution in [2.45, 2.75) is 57.5 Å². The maximum Gasteiger partial charge on any atom is 0.412 e. The standard InChI is InChI=1S/C24H30N2O4/c1-23(2,3)30-22(28)26-19-12-10-18(11-13-19)25-21(27)24(14-5-6-15-24)17-8-7-9-20(16-17)29-4/h7-13,16H,5-6,14-15H2,1-4H3,(H,25,27)(H,26,28). The molecule has 0 radical (unpaired) electrons. The molecule has 160 valence electrons. The van der Waals surface area contributed by atoms with E-state index in [-0.39, 0.29) is 5.91 Å². The number of benzene rings is 2. The Morgan fingerprint density at radius 3 is 2.10 bits per heavy atom. The number of methoxy groups -OCH3 is 1. The Morgan fingerprint density at radius 2 is 1.53 bits per heavy atom. The van der Waals surface area contributed by atoms with E-state index < -0.39 is 17.1 Å². The van der Waals surface area contributed by atoms with Crippen molar-refractivity contribution < 1.29 is 19.1 Å². The van der Waals surface area contributed by atoms with Gasteiger partial charge in [0.1, 0.15) is 11.4 Å². The molecule has 2 aromatic rings. The quantitative estimate of drug-likeness (QED) is 0.683. The molecule has 1 saturated carbocycles. The van der Waals surface area contributed by atoms with E-state index in [0.717, 1.165) is 37.0 Å². The Kier molecular flexibility index (Phi) is 6.34. The number of anilines is 2. The molecule has 0 unspecified atom stereocenters. The van der Waals surface area contributed by atoms with Gasteiger partial charge < -0.3 is 14.8 Å². The molecule has 0 atom stereocenters. The lowest BCUT2D eigenvalue weighted by molar-refractivity contribution is -0.121. The van der Waals surface area contributed by atoms with E-state index in [1.165, 1.54) is 0 Å². The molecule has 30 heavy (non-hydrogen) atoms. The molecule has 2 amide bonds. The van der Waals surface area contributed by atoms with Crippen molar-refractivity contribution in [1.29, 1.82) is 0 Å². The van der Waals surface area contributed by atoms with Gasteiger partial charge in [0.15, 0.2) is 0 Å². The first-order chi connectivity index (χ1) is 14.2. The lowest BCUT2D eigenvalue weighted by atomic mass is 9.78. The van der Waals surface area contributed by atoms with Crippen molar-refractivity contribution >= 4 is 23.4 Å². The van der Waals surface area contributed by atoms with Crippen molar-refractivity contribution in [2.24, 2.45) is 0 Å². The first-order valence-corrected chi connectivity index (χ1v) is 10.3. The molecule has 1 aliphatic carbocycles. The van der Waals surface area contributed by atoms with Gasteiger partial charge in [-0.05, 0) is 75.6 Å².